The molecule has 1 amide bonds. The number of H-pyrrole nitrogens is 1. The lowest BCUT2D eigenvalue weighted by Gasteiger charge is -2.13. The molecule has 0 aliphatic rings. The van der Waals surface area contributed by atoms with Gasteiger partial charge in [-0.15, -0.1) is 0 Å². The summed E-state index contributed by atoms with van der Waals surface area (Å²) in [5, 5.41) is 4.70. The minimum Gasteiger partial charge on any atom is -0.494 e. The maximum Gasteiger partial charge on any atom is 0.283 e. The second kappa shape index (κ2) is 9.85. The van der Waals surface area contributed by atoms with Gasteiger partial charge >= 0.3 is 0 Å². The fraction of sp³-hybridized carbons (Fsp3) is 0.115. The molecule has 2 N–H and O–H groups in total. The zero-order valence-electron chi connectivity index (χ0n) is 18.7. The van der Waals surface area contributed by atoms with Crippen molar-refractivity contribution in [1.29, 1.82) is 0 Å². The molecule has 35 heavy (non-hydrogen) atoms. The number of anilines is 1. The second-order valence-corrected chi connectivity index (χ2v) is 9.08. The first-order chi connectivity index (χ1) is 17.0. The van der Waals surface area contributed by atoms with Crippen LogP contribution in [0.15, 0.2) is 82.7 Å². The van der Waals surface area contributed by atoms with Gasteiger partial charge in [0.25, 0.3) is 5.56 Å². The molecular formula is C26H21ClN4O3S. The molecule has 0 unspecified atom stereocenters. The van der Waals surface area contributed by atoms with Gasteiger partial charge in [0.05, 0.1) is 18.0 Å². The Bertz CT molecular complexity index is 1580. The number of rotatable bonds is 7. The van der Waals surface area contributed by atoms with Crippen LogP contribution in [-0.2, 0) is 4.79 Å². The lowest BCUT2D eigenvalue weighted by molar-refractivity contribution is -0.113. The number of amides is 1. The standard InChI is InChI=1S/C26H21ClN4O3S/c1-2-34-19-13-11-18(12-14-19)31-25(33)24-23(20-5-3-4-6-21(20)29-24)30-26(31)35-15-22(32)28-17-9-7-16(27)8-10-17/h3-14,29H,2,15H2,1H3,(H,28,32). The van der Waals surface area contributed by atoms with Gasteiger partial charge in [-0.05, 0) is 61.5 Å². The molecule has 0 spiro atoms. The summed E-state index contributed by atoms with van der Waals surface area (Å²) in [4.78, 5) is 34.3. The zero-order chi connectivity index (χ0) is 24.4. The molecule has 2 aromatic heterocycles. The van der Waals surface area contributed by atoms with Crippen molar-refractivity contribution >= 4 is 56.9 Å². The quantitative estimate of drug-likeness (QED) is 0.221. The van der Waals surface area contributed by atoms with Crippen molar-refractivity contribution in [1.82, 2.24) is 14.5 Å². The number of aromatic amines is 1. The molecule has 0 aliphatic carbocycles. The van der Waals surface area contributed by atoms with Crippen LogP contribution in [0.1, 0.15) is 6.92 Å². The SMILES string of the molecule is CCOc1ccc(-n2c(SCC(=O)Nc3ccc(Cl)cc3)nc3c([nH]c4ccccc43)c2=O)cc1. The predicted octanol–water partition coefficient (Wildman–Crippen LogP) is 5.65. The zero-order valence-corrected chi connectivity index (χ0v) is 20.3. The van der Waals surface area contributed by atoms with Gasteiger partial charge in [-0.1, -0.05) is 41.6 Å². The fourth-order valence-electron chi connectivity index (χ4n) is 3.79. The van der Waals surface area contributed by atoms with Crippen molar-refractivity contribution in [3.63, 3.8) is 0 Å². The molecule has 0 atom stereocenters. The molecule has 5 rings (SSSR count). The van der Waals surface area contributed by atoms with E-state index >= 15 is 0 Å². The summed E-state index contributed by atoms with van der Waals surface area (Å²) in [5.41, 5.74) is 2.85. The number of carbonyl (C=O) groups excluding carboxylic acids is 1. The molecule has 0 aliphatic heterocycles. The van der Waals surface area contributed by atoms with Crippen LogP contribution in [0.4, 0.5) is 5.69 Å². The highest BCUT2D eigenvalue weighted by molar-refractivity contribution is 7.99. The lowest BCUT2D eigenvalue weighted by Crippen LogP contribution is -2.23. The average Bonchev–Trinajstić information content (AvgIpc) is 3.24. The summed E-state index contributed by atoms with van der Waals surface area (Å²) in [6.45, 7) is 2.46. The molecule has 0 radical (unpaired) electrons. The molecule has 3 aromatic carbocycles. The Hall–Kier alpha value is -3.75. The summed E-state index contributed by atoms with van der Waals surface area (Å²) in [6.07, 6.45) is 0. The molecule has 0 saturated carbocycles. The maximum absolute atomic E-state index is 13.6. The van der Waals surface area contributed by atoms with Gasteiger partial charge in [0.15, 0.2) is 5.16 Å². The Labute approximate surface area is 210 Å². The van der Waals surface area contributed by atoms with Crippen molar-refractivity contribution in [3.8, 4) is 11.4 Å². The normalized spacial score (nSPS) is 11.1. The second-order valence-electron chi connectivity index (χ2n) is 7.70. The average molecular weight is 505 g/mol. The molecule has 0 saturated heterocycles. The van der Waals surface area contributed by atoms with E-state index in [1.165, 1.54) is 16.3 Å². The van der Waals surface area contributed by atoms with Crippen molar-refractivity contribution in [2.75, 3.05) is 17.7 Å². The van der Waals surface area contributed by atoms with E-state index in [1.54, 1.807) is 36.4 Å². The van der Waals surface area contributed by atoms with Crippen LogP contribution in [-0.4, -0.2) is 32.8 Å². The van der Waals surface area contributed by atoms with Crippen LogP contribution in [0.2, 0.25) is 5.02 Å². The molecule has 0 bridgehead atoms. The number of aromatic nitrogens is 3. The fourth-order valence-corrected chi connectivity index (χ4v) is 4.72. The van der Waals surface area contributed by atoms with Gasteiger partial charge < -0.3 is 15.0 Å². The Balaban J connectivity index is 1.53. The van der Waals surface area contributed by atoms with E-state index in [-0.39, 0.29) is 17.2 Å². The monoisotopic (exact) mass is 504 g/mol. The van der Waals surface area contributed by atoms with Crippen molar-refractivity contribution in [2.24, 2.45) is 0 Å². The molecule has 0 fully saturated rings. The third-order valence-electron chi connectivity index (χ3n) is 5.36. The summed E-state index contributed by atoms with van der Waals surface area (Å²) in [7, 11) is 0. The highest BCUT2D eigenvalue weighted by Crippen LogP contribution is 2.27. The number of hydrogen-bond acceptors (Lipinski definition) is 5. The summed E-state index contributed by atoms with van der Waals surface area (Å²) in [5.74, 6) is 0.560. The Morgan fingerprint density at radius 1 is 1.09 bits per heavy atom. The first kappa shape index (κ1) is 23.0. The Kier molecular flexibility index (Phi) is 6.48. The van der Waals surface area contributed by atoms with Crippen LogP contribution < -0.4 is 15.6 Å². The number of thioether (sulfide) groups is 1. The van der Waals surface area contributed by atoms with Gasteiger partial charge in [-0.3, -0.25) is 14.2 Å². The summed E-state index contributed by atoms with van der Waals surface area (Å²) in [6, 6.07) is 21.7. The first-order valence-corrected chi connectivity index (χ1v) is 12.3. The number of para-hydroxylation sites is 1. The Morgan fingerprint density at radius 2 is 1.83 bits per heavy atom. The third kappa shape index (κ3) is 4.76. The highest BCUT2D eigenvalue weighted by atomic mass is 35.5. The molecule has 2 heterocycles. The van der Waals surface area contributed by atoms with Gasteiger partial charge in [-0.2, -0.15) is 0 Å². The van der Waals surface area contributed by atoms with E-state index in [0.717, 1.165) is 10.9 Å². The molecular weight excluding hydrogens is 484 g/mol. The smallest absolute Gasteiger partial charge is 0.283 e. The van der Waals surface area contributed by atoms with Crippen molar-refractivity contribution < 1.29 is 9.53 Å². The number of carbonyl (C=O) groups is 1. The van der Waals surface area contributed by atoms with Crippen LogP contribution in [0.5, 0.6) is 5.75 Å². The predicted molar refractivity (Wildman–Crippen MR) is 141 cm³/mol. The van der Waals surface area contributed by atoms with E-state index < -0.39 is 0 Å². The number of benzene rings is 3. The number of nitrogens with zero attached hydrogens (tertiary/aromatic N) is 2. The molecule has 176 valence electrons. The Morgan fingerprint density at radius 3 is 2.57 bits per heavy atom. The largest absolute Gasteiger partial charge is 0.494 e. The van der Waals surface area contributed by atoms with E-state index in [0.29, 0.717) is 44.9 Å². The van der Waals surface area contributed by atoms with Crippen LogP contribution in [0.3, 0.4) is 0 Å². The minimum atomic E-state index is -0.240. The molecule has 7 nitrogen and oxygen atoms in total. The first-order valence-electron chi connectivity index (χ1n) is 11.0. The number of hydrogen-bond donors (Lipinski definition) is 2. The van der Waals surface area contributed by atoms with Gasteiger partial charge in [0.2, 0.25) is 5.91 Å². The van der Waals surface area contributed by atoms with Crippen molar-refractivity contribution in [2.45, 2.75) is 12.1 Å². The van der Waals surface area contributed by atoms with E-state index in [1.807, 2.05) is 43.3 Å². The third-order valence-corrected chi connectivity index (χ3v) is 6.55. The van der Waals surface area contributed by atoms with Crippen molar-refractivity contribution in [3.05, 3.63) is 88.2 Å². The highest BCUT2D eigenvalue weighted by Gasteiger charge is 2.18. The molecule has 5 aromatic rings. The van der Waals surface area contributed by atoms with E-state index in [2.05, 4.69) is 10.3 Å². The van der Waals surface area contributed by atoms with Gasteiger partial charge in [0.1, 0.15) is 16.8 Å². The van der Waals surface area contributed by atoms with Gasteiger partial charge in [0, 0.05) is 21.6 Å². The van der Waals surface area contributed by atoms with Crippen LogP contribution >= 0.6 is 23.4 Å². The van der Waals surface area contributed by atoms with Gasteiger partial charge in [-0.25, -0.2) is 4.98 Å². The van der Waals surface area contributed by atoms with E-state index in [9.17, 15) is 9.59 Å². The number of fused-ring (bicyclic) bond motifs is 3. The van der Waals surface area contributed by atoms with Crippen LogP contribution in [0, 0.1) is 0 Å². The minimum absolute atomic E-state index is 0.0694. The summed E-state index contributed by atoms with van der Waals surface area (Å²) < 4.78 is 7.06. The number of halogens is 1. The number of ether oxygens (including phenoxy) is 1. The molecule has 9 heteroatoms. The summed E-state index contributed by atoms with van der Waals surface area (Å²) >= 11 is 7.12. The maximum atomic E-state index is 13.6. The number of nitrogens with one attached hydrogen (secondary N) is 2. The van der Waals surface area contributed by atoms with Crippen LogP contribution in [0.25, 0.3) is 27.6 Å². The lowest BCUT2D eigenvalue weighted by atomic mass is 10.2. The van der Waals surface area contributed by atoms with E-state index in [4.69, 9.17) is 21.3 Å². The topological polar surface area (TPSA) is 89.0 Å².